The molecule has 30 heavy (non-hydrogen) atoms. The highest BCUT2D eigenvalue weighted by Crippen LogP contribution is 2.54. The number of esters is 1. The van der Waals surface area contributed by atoms with Crippen LogP contribution < -0.4 is 18.9 Å². The van der Waals surface area contributed by atoms with Gasteiger partial charge in [-0.25, -0.2) is 0 Å². The van der Waals surface area contributed by atoms with Gasteiger partial charge in [0, 0.05) is 0 Å². The predicted octanol–water partition coefficient (Wildman–Crippen LogP) is 2.64. The lowest BCUT2D eigenvalue weighted by molar-refractivity contribution is -0.159. The van der Waals surface area contributed by atoms with Gasteiger partial charge in [0.2, 0.25) is 0 Å². The van der Waals surface area contributed by atoms with E-state index in [1.807, 2.05) is 0 Å². The summed E-state index contributed by atoms with van der Waals surface area (Å²) in [6.45, 7) is 0. The quantitative estimate of drug-likeness (QED) is 0.719. The maximum Gasteiger partial charge on any atom is 0.313 e. The lowest BCUT2D eigenvalue weighted by atomic mass is 9.83. The van der Waals surface area contributed by atoms with E-state index in [0.717, 1.165) is 0 Å². The Morgan fingerprint density at radius 1 is 0.767 bits per heavy atom. The number of ether oxygens (including phenoxy) is 6. The molecule has 2 saturated heterocycles. The van der Waals surface area contributed by atoms with Gasteiger partial charge in [-0.05, 0) is 35.4 Å². The maximum atomic E-state index is 12.8. The molecule has 0 unspecified atom stereocenters. The Labute approximate surface area is 174 Å². The van der Waals surface area contributed by atoms with Crippen LogP contribution >= 0.6 is 0 Å². The number of methoxy groups -OCH3 is 4. The molecule has 0 aliphatic carbocycles. The molecule has 4 rings (SSSR count). The number of carbonyl (C=O) groups excluding carboxylic acids is 1. The van der Waals surface area contributed by atoms with Crippen molar-refractivity contribution in [3.63, 3.8) is 0 Å². The molecule has 2 aromatic carbocycles. The number of fused-ring (bicyclic) bond motifs is 1. The molecule has 160 valence electrons. The lowest BCUT2D eigenvalue weighted by Crippen LogP contribution is -2.22. The first-order chi connectivity index (χ1) is 14.5. The maximum absolute atomic E-state index is 12.8. The van der Waals surface area contributed by atoms with Crippen LogP contribution in [0.3, 0.4) is 0 Å². The topological polar surface area (TPSA) is 92.7 Å². The van der Waals surface area contributed by atoms with Gasteiger partial charge in [-0.1, -0.05) is 12.1 Å². The zero-order chi connectivity index (χ0) is 21.4. The first-order valence-corrected chi connectivity index (χ1v) is 9.50. The van der Waals surface area contributed by atoms with Crippen molar-refractivity contribution in [1.82, 2.24) is 0 Å². The van der Waals surface area contributed by atoms with Gasteiger partial charge >= 0.3 is 5.97 Å². The molecule has 1 N–H and O–H groups in total. The van der Waals surface area contributed by atoms with Gasteiger partial charge in [-0.2, -0.15) is 0 Å². The summed E-state index contributed by atoms with van der Waals surface area (Å²) >= 11 is 0. The van der Waals surface area contributed by atoms with Gasteiger partial charge in [0.15, 0.2) is 29.3 Å². The molecule has 0 spiro atoms. The van der Waals surface area contributed by atoms with Crippen LogP contribution in [0.25, 0.3) is 0 Å². The molecule has 2 aliphatic heterocycles. The first-order valence-electron chi connectivity index (χ1n) is 9.50. The van der Waals surface area contributed by atoms with Crippen LogP contribution in [0.15, 0.2) is 36.4 Å². The van der Waals surface area contributed by atoms with Crippen molar-refractivity contribution < 1.29 is 38.3 Å². The molecule has 0 amide bonds. The molecule has 0 radical (unpaired) electrons. The highest BCUT2D eigenvalue weighted by atomic mass is 16.6. The van der Waals surface area contributed by atoms with Crippen LogP contribution in [0.2, 0.25) is 0 Å². The fourth-order valence-corrected chi connectivity index (χ4v) is 4.24. The highest BCUT2D eigenvalue weighted by molar-refractivity contribution is 5.77. The average Bonchev–Trinajstić information content (AvgIpc) is 3.30. The number of benzene rings is 2. The van der Waals surface area contributed by atoms with E-state index in [2.05, 4.69) is 0 Å². The number of rotatable bonds is 6. The van der Waals surface area contributed by atoms with Gasteiger partial charge in [0.05, 0.1) is 46.4 Å². The molecule has 0 saturated carbocycles. The van der Waals surface area contributed by atoms with E-state index in [1.54, 1.807) is 50.6 Å². The molecule has 8 nitrogen and oxygen atoms in total. The summed E-state index contributed by atoms with van der Waals surface area (Å²) in [6, 6.07) is 10.5. The number of cyclic esters (lactones) is 1. The molecular formula is C22H24O8. The highest BCUT2D eigenvalue weighted by Gasteiger charge is 2.59. The van der Waals surface area contributed by atoms with E-state index >= 15 is 0 Å². The fraction of sp³-hybridized carbons (Fsp3) is 0.409. The van der Waals surface area contributed by atoms with Crippen molar-refractivity contribution in [2.45, 2.75) is 18.5 Å². The predicted molar refractivity (Wildman–Crippen MR) is 105 cm³/mol. The minimum absolute atomic E-state index is 0.420. The van der Waals surface area contributed by atoms with E-state index in [0.29, 0.717) is 34.1 Å². The van der Waals surface area contributed by atoms with Crippen molar-refractivity contribution >= 4 is 5.97 Å². The summed E-state index contributed by atoms with van der Waals surface area (Å²) in [7, 11) is 6.16. The largest absolute Gasteiger partial charge is 0.493 e. The minimum atomic E-state index is -1.17. The van der Waals surface area contributed by atoms with Crippen molar-refractivity contribution in [1.29, 1.82) is 0 Å². The number of aliphatic hydroxyl groups excluding tert-OH is 1. The Morgan fingerprint density at radius 3 is 1.77 bits per heavy atom. The Morgan fingerprint density at radius 2 is 1.27 bits per heavy atom. The van der Waals surface area contributed by atoms with Crippen LogP contribution in [-0.4, -0.2) is 45.8 Å². The van der Waals surface area contributed by atoms with E-state index in [4.69, 9.17) is 28.4 Å². The molecule has 2 aromatic rings. The third-order valence-electron chi connectivity index (χ3n) is 5.69. The van der Waals surface area contributed by atoms with Crippen molar-refractivity contribution in [3.05, 3.63) is 47.5 Å². The van der Waals surface area contributed by atoms with E-state index in [-0.39, 0.29) is 0 Å². The van der Waals surface area contributed by atoms with Gasteiger partial charge in [0.25, 0.3) is 0 Å². The summed E-state index contributed by atoms with van der Waals surface area (Å²) in [4.78, 5) is 12.8. The molecule has 0 bridgehead atoms. The second kappa shape index (κ2) is 8.04. The smallest absolute Gasteiger partial charge is 0.313 e. The Balaban J connectivity index is 1.67. The number of hydrogen-bond acceptors (Lipinski definition) is 8. The molecular weight excluding hydrogens is 392 g/mol. The van der Waals surface area contributed by atoms with Crippen LogP contribution in [0.4, 0.5) is 0 Å². The minimum Gasteiger partial charge on any atom is -0.493 e. The molecule has 8 heteroatoms. The number of carbonyl (C=O) groups is 1. The van der Waals surface area contributed by atoms with E-state index in [1.165, 1.54) is 14.2 Å². The van der Waals surface area contributed by atoms with E-state index in [9.17, 15) is 9.90 Å². The normalized spacial score (nSPS) is 27.4. The van der Waals surface area contributed by atoms with Gasteiger partial charge in [-0.15, -0.1) is 0 Å². The SMILES string of the molecule is COc1ccc([C@H]2O[C@@H](O)[C@H]3[C@@H]2C(=O)O[C@@H]3c2ccc(OC)c(OC)c2)cc1OC. The molecule has 0 aromatic heterocycles. The second-order valence-corrected chi connectivity index (χ2v) is 7.14. The molecule has 2 aliphatic rings. The number of aliphatic hydroxyl groups is 1. The van der Waals surface area contributed by atoms with Crippen molar-refractivity contribution in [2.75, 3.05) is 28.4 Å². The molecule has 2 fully saturated rings. The Hall–Kier alpha value is -2.97. The molecule has 5 atom stereocenters. The number of hydrogen-bond donors (Lipinski definition) is 1. The Kier molecular flexibility index (Phi) is 5.44. The van der Waals surface area contributed by atoms with Crippen LogP contribution in [0.5, 0.6) is 23.0 Å². The summed E-state index contributed by atoms with van der Waals surface area (Å²) in [5, 5.41) is 10.7. The standard InChI is InChI=1S/C22H24O8/c1-25-13-7-5-11(9-15(13)27-3)19-17-18(22(24)29-19)20(30-21(17)23)12-6-8-14(26-2)16(10-12)28-4/h5-10,17-21,23H,1-4H3/t17-,18-,19+,20+,21+/m0/s1. The fourth-order valence-electron chi connectivity index (χ4n) is 4.24. The third-order valence-corrected chi connectivity index (χ3v) is 5.69. The average molecular weight is 416 g/mol. The van der Waals surface area contributed by atoms with Crippen LogP contribution in [0, 0.1) is 11.8 Å². The summed E-state index contributed by atoms with van der Waals surface area (Å²) in [5.74, 6) is 0.516. The van der Waals surface area contributed by atoms with Gasteiger partial charge in [0.1, 0.15) is 6.10 Å². The zero-order valence-corrected chi connectivity index (χ0v) is 17.2. The lowest BCUT2D eigenvalue weighted by Gasteiger charge is -2.20. The second-order valence-electron chi connectivity index (χ2n) is 7.14. The summed E-state index contributed by atoms with van der Waals surface area (Å²) in [5.41, 5.74) is 1.40. The van der Waals surface area contributed by atoms with Crippen LogP contribution in [0.1, 0.15) is 23.3 Å². The zero-order valence-electron chi connectivity index (χ0n) is 17.2. The monoisotopic (exact) mass is 416 g/mol. The summed E-state index contributed by atoms with van der Waals surface area (Å²) in [6.07, 6.45) is -2.50. The molecule has 2 heterocycles. The van der Waals surface area contributed by atoms with Crippen LogP contribution in [-0.2, 0) is 14.3 Å². The van der Waals surface area contributed by atoms with Crippen molar-refractivity contribution in [3.8, 4) is 23.0 Å². The summed E-state index contributed by atoms with van der Waals surface area (Å²) < 4.78 is 32.7. The van der Waals surface area contributed by atoms with Gasteiger partial charge < -0.3 is 33.5 Å². The Bertz CT molecular complexity index is 889. The van der Waals surface area contributed by atoms with Crippen molar-refractivity contribution in [2.24, 2.45) is 11.8 Å². The van der Waals surface area contributed by atoms with E-state index < -0.39 is 36.3 Å². The third kappa shape index (κ3) is 3.22. The first kappa shape index (κ1) is 20.3. The van der Waals surface area contributed by atoms with Gasteiger partial charge in [-0.3, -0.25) is 4.79 Å².